The molecule has 1 aromatic rings. The van der Waals surface area contributed by atoms with Crippen molar-refractivity contribution in [1.29, 1.82) is 0 Å². The van der Waals surface area contributed by atoms with Crippen LogP contribution in [0.3, 0.4) is 0 Å². The van der Waals surface area contributed by atoms with Crippen LogP contribution in [-0.2, 0) is 0 Å². The molecule has 162 valence electrons. The number of unbranched alkanes of at least 4 members (excludes halogenated alkanes) is 5. The van der Waals surface area contributed by atoms with Gasteiger partial charge in [-0.05, 0) is 38.2 Å². The second-order valence-corrected chi connectivity index (χ2v) is 8.70. The minimum Gasteiger partial charge on any atom is -0.356 e. The molecular formula is C24H41N5. The molecule has 3 heterocycles. The van der Waals surface area contributed by atoms with Gasteiger partial charge >= 0.3 is 0 Å². The zero-order valence-electron chi connectivity index (χ0n) is 18.5. The number of nitrogens with zero attached hydrogens (tertiary/aromatic N) is 4. The van der Waals surface area contributed by atoms with E-state index >= 15 is 0 Å². The van der Waals surface area contributed by atoms with E-state index in [-0.39, 0.29) is 0 Å². The Morgan fingerprint density at radius 1 is 1.03 bits per heavy atom. The van der Waals surface area contributed by atoms with E-state index in [0.717, 1.165) is 44.5 Å². The van der Waals surface area contributed by atoms with E-state index in [1.165, 1.54) is 70.6 Å². The Morgan fingerprint density at radius 2 is 1.86 bits per heavy atom. The zero-order chi connectivity index (χ0) is 20.2. The van der Waals surface area contributed by atoms with Crippen LogP contribution in [0, 0.1) is 0 Å². The van der Waals surface area contributed by atoms with Crippen LogP contribution in [0.4, 0.5) is 11.8 Å². The van der Waals surface area contributed by atoms with Gasteiger partial charge in [0, 0.05) is 45.0 Å². The van der Waals surface area contributed by atoms with Gasteiger partial charge in [-0.1, -0.05) is 57.6 Å². The van der Waals surface area contributed by atoms with Crippen molar-refractivity contribution < 1.29 is 0 Å². The largest absolute Gasteiger partial charge is 0.356 e. The van der Waals surface area contributed by atoms with Gasteiger partial charge in [0.1, 0.15) is 5.82 Å². The first-order valence-electron chi connectivity index (χ1n) is 12.1. The lowest BCUT2D eigenvalue weighted by Crippen LogP contribution is -2.28. The Balaban J connectivity index is 1.37. The van der Waals surface area contributed by atoms with Gasteiger partial charge in [0.25, 0.3) is 0 Å². The molecule has 0 saturated carbocycles. The van der Waals surface area contributed by atoms with Gasteiger partial charge in [-0.2, -0.15) is 4.98 Å². The van der Waals surface area contributed by atoms with Crippen molar-refractivity contribution in [3.63, 3.8) is 0 Å². The number of likely N-dealkylation sites (tertiary alicyclic amines) is 1. The molecule has 2 aliphatic rings. The van der Waals surface area contributed by atoms with Crippen LogP contribution in [0.15, 0.2) is 24.4 Å². The Morgan fingerprint density at radius 3 is 2.69 bits per heavy atom. The summed E-state index contributed by atoms with van der Waals surface area (Å²) in [6.45, 7) is 7.83. The second kappa shape index (κ2) is 12.8. The van der Waals surface area contributed by atoms with Crippen molar-refractivity contribution in [1.82, 2.24) is 14.9 Å². The fourth-order valence-corrected chi connectivity index (χ4v) is 4.40. The summed E-state index contributed by atoms with van der Waals surface area (Å²) in [5.41, 5.74) is 0. The number of hydrogen-bond donors (Lipinski definition) is 1. The van der Waals surface area contributed by atoms with Gasteiger partial charge < -0.3 is 10.2 Å². The molecule has 29 heavy (non-hydrogen) atoms. The summed E-state index contributed by atoms with van der Waals surface area (Å²) in [4.78, 5) is 14.3. The lowest BCUT2D eigenvalue weighted by atomic mass is 10.1. The third kappa shape index (κ3) is 7.96. The number of hydrogen-bond acceptors (Lipinski definition) is 5. The minimum absolute atomic E-state index is 0.455. The summed E-state index contributed by atoms with van der Waals surface area (Å²) >= 11 is 0. The summed E-state index contributed by atoms with van der Waals surface area (Å²) < 4.78 is 0. The molecule has 2 aliphatic heterocycles. The van der Waals surface area contributed by atoms with Gasteiger partial charge in [-0.25, -0.2) is 4.98 Å². The van der Waals surface area contributed by atoms with Crippen molar-refractivity contribution in [3.8, 4) is 0 Å². The van der Waals surface area contributed by atoms with E-state index in [1.54, 1.807) is 0 Å². The molecule has 5 nitrogen and oxygen atoms in total. The van der Waals surface area contributed by atoms with Crippen LogP contribution in [0.25, 0.3) is 0 Å². The predicted molar refractivity (Wildman–Crippen MR) is 124 cm³/mol. The van der Waals surface area contributed by atoms with Crippen molar-refractivity contribution in [2.24, 2.45) is 0 Å². The smallest absolute Gasteiger partial charge is 0.224 e. The molecule has 3 rings (SSSR count). The van der Waals surface area contributed by atoms with Crippen LogP contribution in [0.1, 0.15) is 77.6 Å². The Hall–Kier alpha value is -1.62. The van der Waals surface area contributed by atoms with E-state index in [1.807, 2.05) is 6.20 Å². The Bertz CT molecular complexity index is 595. The van der Waals surface area contributed by atoms with Crippen LogP contribution in [-0.4, -0.2) is 53.6 Å². The molecule has 1 N–H and O–H groups in total. The molecule has 0 amide bonds. The van der Waals surface area contributed by atoms with Crippen LogP contribution < -0.4 is 10.2 Å². The van der Waals surface area contributed by atoms with Crippen LogP contribution >= 0.6 is 0 Å². The number of aromatic nitrogens is 2. The molecule has 1 atom stereocenters. The molecule has 2 fully saturated rings. The molecule has 0 bridgehead atoms. The van der Waals surface area contributed by atoms with Crippen LogP contribution in [0.2, 0.25) is 0 Å². The lowest BCUT2D eigenvalue weighted by Gasteiger charge is -2.22. The molecule has 1 unspecified atom stereocenters. The maximum absolute atomic E-state index is 4.81. The maximum atomic E-state index is 4.81. The molecule has 5 heteroatoms. The molecule has 2 saturated heterocycles. The van der Waals surface area contributed by atoms with E-state index in [9.17, 15) is 0 Å². The minimum atomic E-state index is 0.455. The van der Waals surface area contributed by atoms with Crippen molar-refractivity contribution in [3.05, 3.63) is 24.4 Å². The standard InChI is InChI=1S/C24H41N5/c1-2-3-4-5-6-7-8-11-17-28-20-15-22(21-28)26-24-25-16-14-23(27-24)29-18-12-9-10-13-19-29/h8,11,14,16,22H,2-7,9-10,12-13,15,17-21H2,1H3,(H,25,26,27). The van der Waals surface area contributed by atoms with Gasteiger partial charge in [0.2, 0.25) is 5.95 Å². The van der Waals surface area contributed by atoms with Gasteiger partial charge in [0.15, 0.2) is 0 Å². The van der Waals surface area contributed by atoms with Gasteiger partial charge in [-0.15, -0.1) is 0 Å². The lowest BCUT2D eigenvalue weighted by molar-refractivity contribution is 0.373. The third-order valence-corrected chi connectivity index (χ3v) is 6.18. The highest BCUT2D eigenvalue weighted by molar-refractivity contribution is 5.43. The number of rotatable bonds is 11. The Kier molecular flexibility index (Phi) is 9.77. The van der Waals surface area contributed by atoms with E-state index in [2.05, 4.69) is 45.2 Å². The number of nitrogens with one attached hydrogen (secondary N) is 1. The monoisotopic (exact) mass is 399 g/mol. The van der Waals surface area contributed by atoms with Crippen molar-refractivity contribution in [2.45, 2.75) is 83.6 Å². The Labute approximate surface area is 178 Å². The van der Waals surface area contributed by atoms with Crippen LogP contribution in [0.5, 0.6) is 0 Å². The predicted octanol–water partition coefficient (Wildman–Crippen LogP) is 5.26. The summed E-state index contributed by atoms with van der Waals surface area (Å²) in [6.07, 6.45) is 21.1. The second-order valence-electron chi connectivity index (χ2n) is 8.70. The number of anilines is 2. The first-order valence-corrected chi connectivity index (χ1v) is 12.1. The van der Waals surface area contributed by atoms with E-state index < -0.39 is 0 Å². The summed E-state index contributed by atoms with van der Waals surface area (Å²) in [5.74, 6) is 1.88. The summed E-state index contributed by atoms with van der Waals surface area (Å²) in [5, 5.41) is 3.58. The van der Waals surface area contributed by atoms with Gasteiger partial charge in [-0.3, -0.25) is 4.90 Å². The summed E-state index contributed by atoms with van der Waals surface area (Å²) in [7, 11) is 0. The quantitative estimate of drug-likeness (QED) is 0.406. The summed E-state index contributed by atoms with van der Waals surface area (Å²) in [6, 6.07) is 2.52. The highest BCUT2D eigenvalue weighted by Gasteiger charge is 2.22. The normalized spacial score (nSPS) is 21.0. The van der Waals surface area contributed by atoms with Crippen molar-refractivity contribution in [2.75, 3.05) is 42.9 Å². The zero-order valence-corrected chi connectivity index (χ0v) is 18.5. The highest BCUT2D eigenvalue weighted by Crippen LogP contribution is 2.19. The van der Waals surface area contributed by atoms with E-state index in [0.29, 0.717) is 6.04 Å². The topological polar surface area (TPSA) is 44.3 Å². The molecule has 0 spiro atoms. The average Bonchev–Trinajstić information content (AvgIpc) is 3.00. The fraction of sp³-hybridized carbons (Fsp3) is 0.750. The first-order chi connectivity index (χ1) is 14.3. The molecule has 0 aromatic carbocycles. The third-order valence-electron chi connectivity index (χ3n) is 6.18. The fourth-order valence-electron chi connectivity index (χ4n) is 4.40. The first kappa shape index (κ1) is 22.1. The molecule has 1 aromatic heterocycles. The SMILES string of the molecule is CCCCCCCC=CCN1CCC(Nc2nccc(N3CCCCCC3)n2)C1. The maximum Gasteiger partial charge on any atom is 0.224 e. The highest BCUT2D eigenvalue weighted by atomic mass is 15.3. The van der Waals surface area contributed by atoms with Gasteiger partial charge in [0.05, 0.1) is 0 Å². The molecule has 0 aliphatic carbocycles. The molecular weight excluding hydrogens is 358 g/mol. The number of allylic oxidation sites excluding steroid dienone is 1. The molecule has 0 radical (unpaired) electrons. The van der Waals surface area contributed by atoms with Crippen molar-refractivity contribution >= 4 is 11.8 Å². The van der Waals surface area contributed by atoms with E-state index in [4.69, 9.17) is 4.98 Å². The average molecular weight is 400 g/mol.